The predicted octanol–water partition coefficient (Wildman–Crippen LogP) is 3.84. The van der Waals surface area contributed by atoms with Crippen LogP contribution in [0.5, 0.6) is 0 Å². The molecule has 1 aliphatic heterocycles. The highest BCUT2D eigenvalue weighted by Crippen LogP contribution is 2.41. The molecule has 3 aliphatic rings. The summed E-state index contributed by atoms with van der Waals surface area (Å²) in [5.74, 6) is 1.25. The van der Waals surface area contributed by atoms with E-state index < -0.39 is 0 Å². The molecule has 0 radical (unpaired) electrons. The van der Waals surface area contributed by atoms with Gasteiger partial charge in [0.2, 0.25) is 5.91 Å². The molecule has 0 spiro atoms. The van der Waals surface area contributed by atoms with Crippen LogP contribution in [0.25, 0.3) is 5.57 Å². The maximum Gasteiger partial charge on any atom is 0.251 e. The summed E-state index contributed by atoms with van der Waals surface area (Å²) in [6, 6.07) is 12.7. The molecule has 1 atom stereocenters. The lowest BCUT2D eigenvalue weighted by atomic mass is 9.96. The number of nitrogens with one attached hydrogen (secondary N) is 2. The van der Waals surface area contributed by atoms with Gasteiger partial charge in [-0.25, -0.2) is 0 Å². The predicted molar refractivity (Wildman–Crippen MR) is 106 cm³/mol. The van der Waals surface area contributed by atoms with E-state index in [1.165, 1.54) is 18.4 Å². The zero-order valence-corrected chi connectivity index (χ0v) is 15.3. The number of carbonyl (C=O) groups is 1. The monoisotopic (exact) mass is 360 g/mol. The highest BCUT2D eigenvalue weighted by Gasteiger charge is 2.27. The highest BCUT2D eigenvalue weighted by atomic mass is 16.2. The smallest absolute Gasteiger partial charge is 0.251 e. The second-order valence-corrected chi connectivity index (χ2v) is 8.12. The van der Waals surface area contributed by atoms with Gasteiger partial charge in [-0.2, -0.15) is 0 Å². The number of hydrogen-bond donors (Lipinski definition) is 2. The molecule has 2 saturated carbocycles. The Kier molecular flexibility index (Phi) is 4.00. The highest BCUT2D eigenvalue weighted by molar-refractivity contribution is 5.82. The van der Waals surface area contributed by atoms with Crippen LogP contribution in [0.4, 0.5) is 0 Å². The summed E-state index contributed by atoms with van der Waals surface area (Å²) in [5, 5.41) is 3.01. The minimum absolute atomic E-state index is 0.0159. The molecule has 0 unspecified atom stereocenters. The Balaban J connectivity index is 1.53. The summed E-state index contributed by atoms with van der Waals surface area (Å²) >= 11 is 0. The molecule has 2 heterocycles. The van der Waals surface area contributed by atoms with E-state index in [9.17, 15) is 9.59 Å². The average molecular weight is 360 g/mol. The molecule has 1 saturated heterocycles. The summed E-state index contributed by atoms with van der Waals surface area (Å²) < 4.78 is 0. The first-order chi connectivity index (χ1) is 13.2. The van der Waals surface area contributed by atoms with E-state index >= 15 is 0 Å². The van der Waals surface area contributed by atoms with Crippen molar-refractivity contribution in [2.45, 2.75) is 56.4 Å². The van der Waals surface area contributed by atoms with E-state index in [1.54, 1.807) is 0 Å². The maximum absolute atomic E-state index is 12.5. The Bertz CT molecular complexity index is 963. The molecule has 4 heteroatoms. The minimum atomic E-state index is 0.0159. The van der Waals surface area contributed by atoms with E-state index in [4.69, 9.17) is 0 Å². The summed E-state index contributed by atoms with van der Waals surface area (Å²) in [4.78, 5) is 27.3. The fourth-order valence-electron chi connectivity index (χ4n) is 4.01. The summed E-state index contributed by atoms with van der Waals surface area (Å²) in [6.07, 6.45) is 8.25. The number of hydrogen-bond acceptors (Lipinski definition) is 2. The van der Waals surface area contributed by atoms with E-state index in [-0.39, 0.29) is 17.5 Å². The second kappa shape index (κ2) is 6.52. The largest absolute Gasteiger partial charge is 0.350 e. The van der Waals surface area contributed by atoms with Crippen LogP contribution in [0.15, 0.2) is 47.3 Å². The van der Waals surface area contributed by atoms with Gasteiger partial charge in [-0.3, -0.25) is 9.59 Å². The van der Waals surface area contributed by atoms with Crippen LogP contribution < -0.4 is 10.9 Å². The van der Waals surface area contributed by atoms with Gasteiger partial charge < -0.3 is 10.3 Å². The van der Waals surface area contributed by atoms with Crippen molar-refractivity contribution in [3.05, 3.63) is 75.2 Å². The third-order valence-corrected chi connectivity index (χ3v) is 5.91. The van der Waals surface area contributed by atoms with Crippen LogP contribution in [-0.4, -0.2) is 16.9 Å². The number of aromatic amines is 1. The first-order valence-electron chi connectivity index (χ1n) is 10.0. The van der Waals surface area contributed by atoms with Crippen molar-refractivity contribution in [3.8, 4) is 0 Å². The topological polar surface area (TPSA) is 62.0 Å². The third kappa shape index (κ3) is 3.48. The minimum Gasteiger partial charge on any atom is -0.350 e. The Hall–Kier alpha value is -2.62. The molecule has 27 heavy (non-hydrogen) atoms. The lowest BCUT2D eigenvalue weighted by Gasteiger charge is -2.13. The van der Waals surface area contributed by atoms with Gasteiger partial charge in [0, 0.05) is 29.3 Å². The molecule has 1 amide bonds. The normalized spacial score (nSPS) is 22.7. The summed E-state index contributed by atoms with van der Waals surface area (Å²) in [6.45, 7) is 0. The fourth-order valence-corrected chi connectivity index (χ4v) is 4.01. The van der Waals surface area contributed by atoms with E-state index in [0.29, 0.717) is 12.3 Å². The number of carbonyl (C=O) groups excluding carboxylic acids is 1. The van der Waals surface area contributed by atoms with Gasteiger partial charge in [-0.1, -0.05) is 36.4 Å². The quantitative estimate of drug-likeness (QED) is 0.851. The SMILES string of the molecule is O=C1CC[C@H](/C=C(/c2ccc(C3CC3)cc2)c2ccc(C3CC3)c(=O)[nH]2)N1. The van der Waals surface area contributed by atoms with E-state index in [2.05, 4.69) is 40.6 Å². The lowest BCUT2D eigenvalue weighted by molar-refractivity contribution is -0.119. The Labute approximate surface area is 158 Å². The third-order valence-electron chi connectivity index (χ3n) is 5.91. The van der Waals surface area contributed by atoms with Crippen molar-refractivity contribution in [3.63, 3.8) is 0 Å². The molecule has 2 aromatic rings. The van der Waals surface area contributed by atoms with Crippen molar-refractivity contribution < 1.29 is 4.79 Å². The van der Waals surface area contributed by atoms with Gasteiger partial charge in [-0.05, 0) is 61.1 Å². The van der Waals surface area contributed by atoms with Gasteiger partial charge >= 0.3 is 0 Å². The van der Waals surface area contributed by atoms with Crippen LogP contribution in [0, 0.1) is 0 Å². The zero-order valence-electron chi connectivity index (χ0n) is 15.3. The van der Waals surface area contributed by atoms with Crippen LogP contribution in [0.1, 0.15) is 72.7 Å². The van der Waals surface area contributed by atoms with E-state index in [1.807, 2.05) is 12.1 Å². The summed E-state index contributed by atoms with van der Waals surface area (Å²) in [7, 11) is 0. The van der Waals surface area contributed by atoms with Crippen LogP contribution in [-0.2, 0) is 4.79 Å². The molecular weight excluding hydrogens is 336 g/mol. The van der Waals surface area contributed by atoms with Gasteiger partial charge in [0.25, 0.3) is 5.56 Å². The molecule has 0 bridgehead atoms. The van der Waals surface area contributed by atoms with Crippen molar-refractivity contribution in [1.82, 2.24) is 10.3 Å². The standard InChI is InChI=1S/C23H24N2O2/c26-22-12-9-18(24-22)13-20(17-5-3-15(4-6-17)14-1-2-14)21-11-10-19(16-7-8-16)23(27)25-21/h3-6,10-11,13-14,16,18H,1-2,7-9,12H2,(H,24,26)(H,25,27)/b20-13-/t18-/m1/s1. The van der Waals surface area contributed by atoms with Gasteiger partial charge in [-0.15, -0.1) is 0 Å². The summed E-state index contributed by atoms with van der Waals surface area (Å²) in [5.41, 5.74) is 5.20. The Morgan fingerprint density at radius 2 is 1.63 bits per heavy atom. The molecule has 1 aromatic carbocycles. The Morgan fingerprint density at radius 1 is 0.889 bits per heavy atom. The van der Waals surface area contributed by atoms with Gasteiger partial charge in [0.05, 0.1) is 0 Å². The molecule has 138 valence electrons. The van der Waals surface area contributed by atoms with Crippen molar-refractivity contribution in [2.75, 3.05) is 0 Å². The second-order valence-electron chi connectivity index (χ2n) is 8.12. The number of aromatic nitrogens is 1. The number of rotatable bonds is 5. The van der Waals surface area contributed by atoms with E-state index in [0.717, 1.165) is 47.6 Å². The van der Waals surface area contributed by atoms with Crippen LogP contribution in [0.2, 0.25) is 0 Å². The molecule has 3 fully saturated rings. The first kappa shape index (κ1) is 16.5. The van der Waals surface area contributed by atoms with Crippen LogP contribution >= 0.6 is 0 Å². The van der Waals surface area contributed by atoms with Gasteiger partial charge in [0.1, 0.15) is 0 Å². The van der Waals surface area contributed by atoms with Gasteiger partial charge in [0.15, 0.2) is 0 Å². The number of benzene rings is 1. The lowest BCUT2D eigenvalue weighted by Crippen LogP contribution is -2.23. The number of H-pyrrole nitrogens is 1. The van der Waals surface area contributed by atoms with Crippen molar-refractivity contribution in [2.24, 2.45) is 0 Å². The van der Waals surface area contributed by atoms with Crippen molar-refractivity contribution >= 4 is 11.5 Å². The molecule has 2 N–H and O–H groups in total. The van der Waals surface area contributed by atoms with Crippen LogP contribution in [0.3, 0.4) is 0 Å². The molecule has 4 nitrogen and oxygen atoms in total. The average Bonchev–Trinajstić information content (AvgIpc) is 3.59. The number of amides is 1. The van der Waals surface area contributed by atoms with Crippen molar-refractivity contribution in [1.29, 1.82) is 0 Å². The molecule has 5 rings (SSSR count). The first-order valence-corrected chi connectivity index (χ1v) is 10.0. The maximum atomic E-state index is 12.5. The Morgan fingerprint density at radius 3 is 2.22 bits per heavy atom. The number of pyridine rings is 1. The molecule has 2 aliphatic carbocycles. The molecular formula is C23H24N2O2. The molecule has 1 aromatic heterocycles. The fraction of sp³-hybridized carbons (Fsp3) is 0.391. The zero-order chi connectivity index (χ0) is 18.4.